The van der Waals surface area contributed by atoms with Crippen LogP contribution in [0.3, 0.4) is 0 Å². The lowest BCUT2D eigenvalue weighted by Gasteiger charge is -2.08. The van der Waals surface area contributed by atoms with Crippen LogP contribution in [0.2, 0.25) is 0 Å². The number of pyridine rings is 1. The van der Waals surface area contributed by atoms with Gasteiger partial charge in [-0.3, -0.25) is 4.98 Å². The van der Waals surface area contributed by atoms with Crippen molar-refractivity contribution in [2.75, 3.05) is 7.11 Å². The second kappa shape index (κ2) is 5.29. The average Bonchev–Trinajstić information content (AvgIpc) is 2.88. The van der Waals surface area contributed by atoms with Gasteiger partial charge in [0.2, 0.25) is 0 Å². The summed E-state index contributed by atoms with van der Waals surface area (Å²) < 4.78 is 7.41. The Hall–Kier alpha value is -2.80. The summed E-state index contributed by atoms with van der Waals surface area (Å²) in [7, 11) is 1.66. The van der Waals surface area contributed by atoms with E-state index in [1.165, 1.54) is 0 Å². The minimum Gasteiger partial charge on any atom is -0.497 e. The van der Waals surface area contributed by atoms with E-state index in [0.29, 0.717) is 12.1 Å². The molecular weight excluding hydrogens is 262 g/mol. The van der Waals surface area contributed by atoms with Gasteiger partial charge in [0.1, 0.15) is 5.75 Å². The maximum atomic E-state index is 8.95. The highest BCUT2D eigenvalue weighted by Gasteiger charge is 2.06. The van der Waals surface area contributed by atoms with E-state index in [9.17, 15) is 0 Å². The van der Waals surface area contributed by atoms with Gasteiger partial charge in [0.25, 0.3) is 0 Å². The SMILES string of the molecule is COc1cc(C)nc(Cn2ccc3cc(C#N)ccc32)c1. The third kappa shape index (κ3) is 2.59. The van der Waals surface area contributed by atoms with Gasteiger partial charge in [0.15, 0.2) is 0 Å². The van der Waals surface area contributed by atoms with Gasteiger partial charge in [-0.25, -0.2) is 0 Å². The molecule has 3 rings (SSSR count). The summed E-state index contributed by atoms with van der Waals surface area (Å²) >= 11 is 0. The van der Waals surface area contributed by atoms with Crippen molar-refractivity contribution in [3.05, 3.63) is 59.5 Å². The van der Waals surface area contributed by atoms with Crippen LogP contribution in [0, 0.1) is 18.3 Å². The second-order valence-corrected chi connectivity index (χ2v) is 4.97. The van der Waals surface area contributed by atoms with E-state index in [1.54, 1.807) is 7.11 Å². The molecule has 0 N–H and O–H groups in total. The predicted octanol–water partition coefficient (Wildman–Crippen LogP) is 3.27. The van der Waals surface area contributed by atoms with Crippen molar-refractivity contribution >= 4 is 10.9 Å². The third-order valence-corrected chi connectivity index (χ3v) is 3.45. The van der Waals surface area contributed by atoms with Crippen LogP contribution < -0.4 is 4.74 Å². The van der Waals surface area contributed by atoms with Gasteiger partial charge in [-0.05, 0) is 31.2 Å². The molecule has 0 bridgehead atoms. The number of hydrogen-bond donors (Lipinski definition) is 0. The molecule has 0 saturated carbocycles. The van der Waals surface area contributed by atoms with Crippen molar-refractivity contribution in [2.24, 2.45) is 0 Å². The largest absolute Gasteiger partial charge is 0.497 e. The van der Waals surface area contributed by atoms with Crippen LogP contribution in [0.25, 0.3) is 10.9 Å². The van der Waals surface area contributed by atoms with Gasteiger partial charge < -0.3 is 9.30 Å². The molecule has 0 unspecified atom stereocenters. The summed E-state index contributed by atoms with van der Waals surface area (Å²) in [4.78, 5) is 4.54. The fraction of sp³-hybridized carbons (Fsp3) is 0.176. The molecule has 0 fully saturated rings. The Kier molecular flexibility index (Phi) is 3.33. The van der Waals surface area contributed by atoms with Gasteiger partial charge in [-0.15, -0.1) is 0 Å². The Morgan fingerprint density at radius 3 is 2.86 bits per heavy atom. The first-order valence-corrected chi connectivity index (χ1v) is 6.70. The zero-order chi connectivity index (χ0) is 14.8. The van der Waals surface area contributed by atoms with E-state index in [2.05, 4.69) is 15.6 Å². The number of nitrogens with zero attached hydrogens (tertiary/aromatic N) is 3. The monoisotopic (exact) mass is 277 g/mol. The lowest BCUT2D eigenvalue weighted by molar-refractivity contribution is 0.413. The van der Waals surface area contributed by atoms with Crippen molar-refractivity contribution in [3.8, 4) is 11.8 Å². The van der Waals surface area contributed by atoms with Crippen molar-refractivity contribution in [2.45, 2.75) is 13.5 Å². The van der Waals surface area contributed by atoms with Gasteiger partial charge in [0.05, 0.1) is 31.0 Å². The van der Waals surface area contributed by atoms with E-state index >= 15 is 0 Å². The number of aromatic nitrogens is 2. The molecule has 2 heterocycles. The summed E-state index contributed by atoms with van der Waals surface area (Å²) in [6.45, 7) is 2.63. The van der Waals surface area contributed by atoms with Crippen LogP contribution in [0.4, 0.5) is 0 Å². The molecule has 4 nitrogen and oxygen atoms in total. The molecule has 0 amide bonds. The Morgan fingerprint density at radius 1 is 1.24 bits per heavy atom. The second-order valence-electron chi connectivity index (χ2n) is 4.97. The lowest BCUT2D eigenvalue weighted by Crippen LogP contribution is -2.02. The molecule has 0 aliphatic carbocycles. The van der Waals surface area contributed by atoms with Gasteiger partial charge >= 0.3 is 0 Å². The number of rotatable bonds is 3. The highest BCUT2D eigenvalue weighted by Crippen LogP contribution is 2.20. The maximum Gasteiger partial charge on any atom is 0.122 e. The molecular formula is C17H15N3O. The Balaban J connectivity index is 1.99. The summed E-state index contributed by atoms with van der Waals surface area (Å²) in [6.07, 6.45) is 2.02. The number of fused-ring (bicyclic) bond motifs is 1. The summed E-state index contributed by atoms with van der Waals surface area (Å²) in [5.74, 6) is 0.820. The topological polar surface area (TPSA) is 50.8 Å². The fourth-order valence-corrected chi connectivity index (χ4v) is 2.48. The summed E-state index contributed by atoms with van der Waals surface area (Å²) in [6, 6.07) is 13.7. The van der Waals surface area contributed by atoms with Crippen molar-refractivity contribution in [3.63, 3.8) is 0 Å². The highest BCUT2D eigenvalue weighted by molar-refractivity contribution is 5.81. The Bertz CT molecular complexity index is 843. The summed E-state index contributed by atoms with van der Waals surface area (Å²) in [5, 5.41) is 10.0. The lowest BCUT2D eigenvalue weighted by atomic mass is 10.2. The first-order chi connectivity index (χ1) is 10.2. The number of aryl methyl sites for hydroxylation is 1. The van der Waals surface area contributed by atoms with Crippen LogP contribution in [0.5, 0.6) is 5.75 Å². The normalized spacial score (nSPS) is 10.5. The smallest absolute Gasteiger partial charge is 0.122 e. The van der Waals surface area contributed by atoms with E-state index in [-0.39, 0.29) is 0 Å². The zero-order valence-electron chi connectivity index (χ0n) is 12.0. The van der Waals surface area contributed by atoms with Crippen LogP contribution in [-0.2, 0) is 6.54 Å². The van der Waals surface area contributed by atoms with Crippen molar-refractivity contribution in [1.82, 2.24) is 9.55 Å². The van der Waals surface area contributed by atoms with Crippen LogP contribution in [-0.4, -0.2) is 16.7 Å². The van der Waals surface area contributed by atoms with Crippen molar-refractivity contribution < 1.29 is 4.74 Å². The molecule has 1 aromatic carbocycles. The molecule has 0 atom stereocenters. The number of nitriles is 1. The first-order valence-electron chi connectivity index (χ1n) is 6.70. The molecule has 104 valence electrons. The molecule has 21 heavy (non-hydrogen) atoms. The number of methoxy groups -OCH3 is 1. The van der Waals surface area contributed by atoms with E-state index < -0.39 is 0 Å². The van der Waals surface area contributed by atoms with Gasteiger partial charge in [-0.2, -0.15) is 5.26 Å². The molecule has 0 spiro atoms. The van der Waals surface area contributed by atoms with Gasteiger partial charge in [-0.1, -0.05) is 0 Å². The molecule has 0 aliphatic rings. The molecule has 0 saturated heterocycles. The van der Waals surface area contributed by atoms with Gasteiger partial charge in [0, 0.05) is 34.9 Å². The summed E-state index contributed by atoms with van der Waals surface area (Å²) in [5.41, 5.74) is 3.66. The van der Waals surface area contributed by atoms with Crippen LogP contribution >= 0.6 is 0 Å². The predicted molar refractivity (Wildman–Crippen MR) is 81.3 cm³/mol. The van der Waals surface area contributed by atoms with E-state index in [0.717, 1.165) is 28.0 Å². The van der Waals surface area contributed by atoms with Crippen molar-refractivity contribution in [1.29, 1.82) is 5.26 Å². The number of benzene rings is 1. The molecule has 2 aromatic heterocycles. The molecule has 0 aliphatic heterocycles. The Morgan fingerprint density at radius 2 is 2.10 bits per heavy atom. The molecule has 3 aromatic rings. The van der Waals surface area contributed by atoms with E-state index in [1.807, 2.05) is 49.5 Å². The molecule has 4 heteroatoms. The quantitative estimate of drug-likeness (QED) is 0.738. The average molecular weight is 277 g/mol. The standard InChI is InChI=1S/C17H15N3O/c1-12-7-16(21-2)9-15(19-12)11-20-6-5-14-8-13(10-18)3-4-17(14)20/h3-9H,11H2,1-2H3. The zero-order valence-corrected chi connectivity index (χ0v) is 12.0. The van der Waals surface area contributed by atoms with Crippen LogP contribution in [0.1, 0.15) is 17.0 Å². The fourth-order valence-electron chi connectivity index (χ4n) is 2.48. The number of ether oxygens (including phenoxy) is 1. The minimum atomic E-state index is 0.674. The van der Waals surface area contributed by atoms with E-state index in [4.69, 9.17) is 10.00 Å². The minimum absolute atomic E-state index is 0.674. The van der Waals surface area contributed by atoms with Crippen LogP contribution in [0.15, 0.2) is 42.6 Å². The number of hydrogen-bond acceptors (Lipinski definition) is 3. The molecule has 0 radical (unpaired) electrons. The Labute approximate surface area is 123 Å². The maximum absolute atomic E-state index is 8.95. The highest BCUT2D eigenvalue weighted by atomic mass is 16.5. The first kappa shape index (κ1) is 13.2. The third-order valence-electron chi connectivity index (χ3n) is 3.45.